The zero-order valence-electron chi connectivity index (χ0n) is 9.52. The van der Waals surface area contributed by atoms with Crippen LogP contribution in [0.15, 0.2) is 28.5 Å². The maximum absolute atomic E-state index is 11.4. The molecular weight excluding hydrogens is 242 g/mol. The maximum atomic E-state index is 11.4. The topological polar surface area (TPSA) is 52.3 Å². The Labute approximate surface area is 103 Å². The molecule has 16 heavy (non-hydrogen) atoms. The normalized spacial score (nSPS) is 14.2. The Morgan fingerprint density at radius 2 is 1.94 bits per heavy atom. The van der Waals surface area contributed by atoms with E-state index >= 15 is 0 Å². The van der Waals surface area contributed by atoms with Crippen molar-refractivity contribution in [3.05, 3.63) is 34.1 Å². The van der Waals surface area contributed by atoms with Crippen LogP contribution in [0.5, 0.6) is 5.75 Å². The van der Waals surface area contributed by atoms with Gasteiger partial charge < -0.3 is 10.5 Å². The largest absolute Gasteiger partial charge is 0.497 e. The van der Waals surface area contributed by atoms with Crippen LogP contribution in [0.1, 0.15) is 5.56 Å². The van der Waals surface area contributed by atoms with Crippen LogP contribution in [0.25, 0.3) is 5.70 Å². The van der Waals surface area contributed by atoms with Crippen LogP contribution in [-0.4, -0.2) is 23.8 Å². The summed E-state index contributed by atoms with van der Waals surface area (Å²) in [5.74, 6) is 0.778. The number of hydrogen-bond donors (Lipinski definition) is 1. The van der Waals surface area contributed by atoms with E-state index in [0.29, 0.717) is 9.93 Å². The summed E-state index contributed by atoms with van der Waals surface area (Å²) in [4.78, 5) is 0. The summed E-state index contributed by atoms with van der Waals surface area (Å²) >= 11 is 1.41. The zero-order valence-corrected chi connectivity index (χ0v) is 11.2. The van der Waals surface area contributed by atoms with Crippen molar-refractivity contribution in [1.82, 2.24) is 0 Å². The second-order valence-electron chi connectivity index (χ2n) is 3.09. The molecule has 3 nitrogen and oxygen atoms in total. The molecule has 1 rings (SSSR count). The summed E-state index contributed by atoms with van der Waals surface area (Å²) in [6.07, 6.45) is 3.50. The first-order valence-electron chi connectivity index (χ1n) is 4.61. The highest BCUT2D eigenvalue weighted by Gasteiger charge is 2.08. The van der Waals surface area contributed by atoms with Crippen molar-refractivity contribution >= 4 is 28.3 Å². The molecule has 0 saturated heterocycles. The molecule has 1 atom stereocenters. The van der Waals surface area contributed by atoms with Crippen LogP contribution in [0, 0.1) is 0 Å². The monoisotopic (exact) mass is 257 g/mol. The van der Waals surface area contributed by atoms with E-state index in [2.05, 4.69) is 0 Å². The van der Waals surface area contributed by atoms with Gasteiger partial charge in [-0.3, -0.25) is 4.21 Å². The summed E-state index contributed by atoms with van der Waals surface area (Å²) in [6, 6.07) is 7.38. The number of methoxy groups -OCH3 is 1. The van der Waals surface area contributed by atoms with Crippen LogP contribution < -0.4 is 10.5 Å². The first kappa shape index (κ1) is 13.1. The van der Waals surface area contributed by atoms with Gasteiger partial charge >= 0.3 is 0 Å². The fourth-order valence-electron chi connectivity index (χ4n) is 1.27. The molecule has 0 amide bonds. The SMILES string of the molecule is COc1ccc(/C(N)=C(/SC)S(C)=O)cc1. The second-order valence-corrected chi connectivity index (χ2v) is 5.48. The van der Waals surface area contributed by atoms with Crippen LogP contribution in [0.4, 0.5) is 0 Å². The van der Waals surface area contributed by atoms with Crippen LogP contribution in [-0.2, 0) is 10.8 Å². The van der Waals surface area contributed by atoms with Gasteiger partial charge in [-0.1, -0.05) is 0 Å². The molecule has 88 valence electrons. The van der Waals surface area contributed by atoms with E-state index in [1.807, 2.05) is 30.5 Å². The number of ether oxygens (including phenoxy) is 1. The molecule has 0 heterocycles. The molecule has 0 bridgehead atoms. The smallest absolute Gasteiger partial charge is 0.118 e. The Balaban J connectivity index is 3.11. The molecular formula is C11H15NO2S2. The van der Waals surface area contributed by atoms with Gasteiger partial charge in [0.15, 0.2) is 0 Å². The highest BCUT2D eigenvalue weighted by atomic mass is 32.2. The van der Waals surface area contributed by atoms with Crippen molar-refractivity contribution in [1.29, 1.82) is 0 Å². The lowest BCUT2D eigenvalue weighted by molar-refractivity contribution is 0.415. The molecule has 1 unspecified atom stereocenters. The standard InChI is InChI=1S/C11H15NO2S2/c1-14-9-6-4-8(5-7-9)10(12)11(15-2)16(3)13/h4-7H,12H2,1-3H3/b11-10+. The van der Waals surface area contributed by atoms with Gasteiger partial charge in [0.25, 0.3) is 0 Å². The van der Waals surface area contributed by atoms with E-state index in [1.54, 1.807) is 13.4 Å². The highest BCUT2D eigenvalue weighted by molar-refractivity contribution is 8.16. The van der Waals surface area contributed by atoms with Crippen LogP contribution in [0.3, 0.4) is 0 Å². The van der Waals surface area contributed by atoms with Crippen LogP contribution >= 0.6 is 11.8 Å². The van der Waals surface area contributed by atoms with Gasteiger partial charge in [0.2, 0.25) is 0 Å². The molecule has 0 spiro atoms. The van der Waals surface area contributed by atoms with Gasteiger partial charge in [0, 0.05) is 6.26 Å². The summed E-state index contributed by atoms with van der Waals surface area (Å²) in [7, 11) is 0.559. The molecule has 1 aromatic rings. The number of thioether (sulfide) groups is 1. The summed E-state index contributed by atoms with van der Waals surface area (Å²) in [5.41, 5.74) is 7.39. The second kappa shape index (κ2) is 5.96. The summed E-state index contributed by atoms with van der Waals surface area (Å²) in [6.45, 7) is 0. The van der Waals surface area contributed by atoms with Crippen molar-refractivity contribution in [2.45, 2.75) is 0 Å². The van der Waals surface area contributed by atoms with Crippen molar-refractivity contribution in [2.75, 3.05) is 19.6 Å². The minimum atomic E-state index is -1.05. The molecule has 0 aliphatic carbocycles. The van der Waals surface area contributed by atoms with Gasteiger partial charge in [-0.05, 0) is 36.1 Å². The highest BCUT2D eigenvalue weighted by Crippen LogP contribution is 2.25. The van der Waals surface area contributed by atoms with Gasteiger partial charge in [0.05, 0.1) is 27.8 Å². The number of rotatable bonds is 4. The Hall–Kier alpha value is -0.940. The predicted octanol–water partition coefficient (Wildman–Crippen LogP) is 2.02. The Morgan fingerprint density at radius 1 is 1.38 bits per heavy atom. The van der Waals surface area contributed by atoms with Crippen molar-refractivity contribution < 1.29 is 8.95 Å². The summed E-state index contributed by atoms with van der Waals surface area (Å²) < 4.78 is 17.2. The lowest BCUT2D eigenvalue weighted by Gasteiger charge is -2.08. The van der Waals surface area contributed by atoms with E-state index in [-0.39, 0.29) is 0 Å². The molecule has 0 saturated carbocycles. The Kier molecular flexibility index (Phi) is 4.89. The number of nitrogens with two attached hydrogens (primary N) is 1. The maximum Gasteiger partial charge on any atom is 0.118 e. The van der Waals surface area contributed by atoms with Crippen molar-refractivity contribution in [2.24, 2.45) is 5.73 Å². The Morgan fingerprint density at radius 3 is 2.31 bits per heavy atom. The van der Waals surface area contributed by atoms with Crippen molar-refractivity contribution in [3.8, 4) is 5.75 Å². The molecule has 0 radical (unpaired) electrons. The third-order valence-corrected chi connectivity index (χ3v) is 4.60. The molecule has 0 aliphatic heterocycles. The van der Waals surface area contributed by atoms with Gasteiger partial charge in [-0.2, -0.15) is 0 Å². The van der Waals surface area contributed by atoms with Crippen LogP contribution in [0.2, 0.25) is 0 Å². The molecule has 0 fully saturated rings. The molecule has 0 aromatic heterocycles. The molecule has 1 aromatic carbocycles. The zero-order chi connectivity index (χ0) is 12.1. The fourth-order valence-corrected chi connectivity index (χ4v) is 2.97. The quantitative estimate of drug-likeness (QED) is 0.896. The predicted molar refractivity (Wildman–Crippen MR) is 71.7 cm³/mol. The average molecular weight is 257 g/mol. The van der Waals surface area contributed by atoms with E-state index in [0.717, 1.165) is 11.3 Å². The average Bonchev–Trinajstić information content (AvgIpc) is 2.29. The van der Waals surface area contributed by atoms with Gasteiger partial charge in [-0.25, -0.2) is 0 Å². The van der Waals surface area contributed by atoms with Gasteiger partial charge in [0.1, 0.15) is 5.75 Å². The third-order valence-electron chi connectivity index (χ3n) is 2.07. The summed E-state index contributed by atoms with van der Waals surface area (Å²) in [5, 5.41) is 0. The van der Waals surface area contributed by atoms with Gasteiger partial charge in [-0.15, -0.1) is 11.8 Å². The minimum Gasteiger partial charge on any atom is -0.497 e. The van der Waals surface area contributed by atoms with E-state index in [1.165, 1.54) is 11.8 Å². The lowest BCUT2D eigenvalue weighted by Crippen LogP contribution is -2.03. The minimum absolute atomic E-state index is 0.566. The van der Waals surface area contributed by atoms with E-state index < -0.39 is 10.8 Å². The third kappa shape index (κ3) is 3.02. The molecule has 0 aliphatic rings. The van der Waals surface area contributed by atoms with Crippen molar-refractivity contribution in [3.63, 3.8) is 0 Å². The first-order chi connectivity index (χ1) is 7.60. The molecule has 2 N–H and O–H groups in total. The first-order valence-corrected chi connectivity index (χ1v) is 7.40. The molecule has 5 heteroatoms. The van der Waals surface area contributed by atoms with E-state index in [4.69, 9.17) is 10.5 Å². The fraction of sp³-hybridized carbons (Fsp3) is 0.273. The number of benzene rings is 1. The van der Waals surface area contributed by atoms with E-state index in [9.17, 15) is 4.21 Å². The Bertz CT molecular complexity index is 412. The number of hydrogen-bond acceptors (Lipinski definition) is 4. The lowest BCUT2D eigenvalue weighted by atomic mass is 10.2.